The van der Waals surface area contributed by atoms with Crippen molar-refractivity contribution in [1.29, 1.82) is 0 Å². The van der Waals surface area contributed by atoms with Crippen molar-refractivity contribution in [2.24, 2.45) is 0 Å². The molecule has 0 heterocycles. The predicted octanol–water partition coefficient (Wildman–Crippen LogP) is 5.48. The lowest BCUT2D eigenvalue weighted by Gasteiger charge is -2.35. The minimum absolute atomic E-state index is 0.0172. The third-order valence-electron chi connectivity index (χ3n) is 6.16. The van der Waals surface area contributed by atoms with Crippen LogP contribution >= 0.6 is 0 Å². The standard InChI is InChI=1S/C27H22O4/c1-30-25-23(15-16-24(29)26(25)31-2)27(17-11-13-18(28)14-12-17)21-9-5-3-7-19(21)20-8-4-6-10-22(20)27/h3-16,28-29H,1-2H3. The van der Waals surface area contributed by atoms with Crippen LogP contribution in [0.1, 0.15) is 22.3 Å². The highest BCUT2D eigenvalue weighted by Crippen LogP contribution is 2.59. The smallest absolute Gasteiger partial charge is 0.203 e. The summed E-state index contributed by atoms with van der Waals surface area (Å²) in [5.41, 5.74) is 5.61. The predicted molar refractivity (Wildman–Crippen MR) is 120 cm³/mol. The maximum atomic E-state index is 10.4. The van der Waals surface area contributed by atoms with Gasteiger partial charge in [0.15, 0.2) is 11.5 Å². The van der Waals surface area contributed by atoms with E-state index in [9.17, 15) is 10.2 Å². The normalized spacial score (nSPS) is 13.4. The number of rotatable bonds is 4. The van der Waals surface area contributed by atoms with Crippen molar-refractivity contribution < 1.29 is 19.7 Å². The van der Waals surface area contributed by atoms with Crippen molar-refractivity contribution in [2.75, 3.05) is 14.2 Å². The van der Waals surface area contributed by atoms with E-state index in [0.717, 1.165) is 33.4 Å². The third kappa shape index (κ3) is 2.55. The van der Waals surface area contributed by atoms with Crippen molar-refractivity contribution in [3.8, 4) is 34.1 Å². The van der Waals surface area contributed by atoms with Crippen LogP contribution in [0.25, 0.3) is 11.1 Å². The summed E-state index contributed by atoms with van der Waals surface area (Å²) in [5, 5.41) is 20.4. The van der Waals surface area contributed by atoms with Crippen molar-refractivity contribution in [2.45, 2.75) is 5.41 Å². The number of benzene rings is 4. The van der Waals surface area contributed by atoms with Gasteiger partial charge in [-0.25, -0.2) is 0 Å². The Morgan fingerprint density at radius 2 is 1.13 bits per heavy atom. The lowest BCUT2D eigenvalue weighted by Crippen LogP contribution is -2.29. The molecule has 154 valence electrons. The molecule has 4 aromatic rings. The molecular formula is C27H22O4. The molecule has 0 aliphatic heterocycles. The van der Waals surface area contributed by atoms with E-state index in [1.165, 1.54) is 7.11 Å². The highest BCUT2D eigenvalue weighted by atomic mass is 16.5. The number of methoxy groups -OCH3 is 2. The zero-order valence-electron chi connectivity index (χ0n) is 17.3. The molecule has 0 radical (unpaired) electrons. The summed E-state index contributed by atoms with van der Waals surface area (Å²) in [6.45, 7) is 0. The minimum Gasteiger partial charge on any atom is -0.508 e. The van der Waals surface area contributed by atoms with Crippen LogP contribution < -0.4 is 9.47 Å². The Hall–Kier alpha value is -3.92. The number of phenolic OH excluding ortho intramolecular Hbond substituents is 2. The molecule has 1 aliphatic rings. The lowest BCUT2D eigenvalue weighted by molar-refractivity contribution is 0.328. The van der Waals surface area contributed by atoms with E-state index in [4.69, 9.17) is 9.47 Å². The van der Waals surface area contributed by atoms with Crippen LogP contribution in [0.3, 0.4) is 0 Å². The molecule has 0 bridgehead atoms. The van der Waals surface area contributed by atoms with Crippen molar-refractivity contribution >= 4 is 0 Å². The number of hydrogen-bond acceptors (Lipinski definition) is 4. The Bertz CT molecular complexity index is 1230. The first-order chi connectivity index (χ1) is 15.1. The second kappa shape index (κ2) is 7.10. The maximum absolute atomic E-state index is 10.4. The number of ether oxygens (including phenoxy) is 2. The van der Waals surface area contributed by atoms with Gasteiger partial charge in [-0.1, -0.05) is 60.7 Å². The molecule has 0 unspecified atom stereocenters. The molecule has 0 spiro atoms. The Kier molecular flexibility index (Phi) is 4.36. The summed E-state index contributed by atoms with van der Waals surface area (Å²) in [4.78, 5) is 0. The quantitative estimate of drug-likeness (QED) is 0.412. The second-order valence-electron chi connectivity index (χ2n) is 7.59. The largest absolute Gasteiger partial charge is 0.508 e. The van der Waals surface area contributed by atoms with Gasteiger partial charge in [0.25, 0.3) is 0 Å². The number of aromatic hydroxyl groups is 2. The number of hydrogen-bond donors (Lipinski definition) is 2. The molecule has 4 nitrogen and oxygen atoms in total. The van der Waals surface area contributed by atoms with Crippen molar-refractivity contribution in [3.05, 3.63) is 107 Å². The van der Waals surface area contributed by atoms with E-state index in [0.29, 0.717) is 11.5 Å². The monoisotopic (exact) mass is 410 g/mol. The summed E-state index contributed by atoms with van der Waals surface area (Å²) in [7, 11) is 3.10. The van der Waals surface area contributed by atoms with Crippen LogP contribution in [-0.2, 0) is 5.41 Å². The molecule has 4 aromatic carbocycles. The summed E-state index contributed by atoms with van der Waals surface area (Å²) < 4.78 is 11.4. The summed E-state index contributed by atoms with van der Waals surface area (Å²) in [6.07, 6.45) is 0. The van der Waals surface area contributed by atoms with Crippen molar-refractivity contribution in [3.63, 3.8) is 0 Å². The summed E-state index contributed by atoms with van der Waals surface area (Å²) in [5.74, 6) is 0.985. The van der Waals surface area contributed by atoms with E-state index < -0.39 is 5.41 Å². The molecule has 0 amide bonds. The Balaban J connectivity index is 1.99. The van der Waals surface area contributed by atoms with Gasteiger partial charge in [-0.2, -0.15) is 0 Å². The van der Waals surface area contributed by atoms with Gasteiger partial charge in [0, 0.05) is 5.56 Å². The van der Waals surface area contributed by atoms with Gasteiger partial charge in [0.05, 0.1) is 19.6 Å². The molecule has 0 saturated heterocycles. The fraction of sp³-hybridized carbons (Fsp3) is 0.111. The molecule has 31 heavy (non-hydrogen) atoms. The Morgan fingerprint density at radius 1 is 0.581 bits per heavy atom. The van der Waals surface area contributed by atoms with Gasteiger partial charge in [0.2, 0.25) is 5.75 Å². The van der Waals surface area contributed by atoms with E-state index >= 15 is 0 Å². The lowest BCUT2D eigenvalue weighted by atomic mass is 9.67. The van der Waals surface area contributed by atoms with Gasteiger partial charge < -0.3 is 19.7 Å². The van der Waals surface area contributed by atoms with Gasteiger partial charge in [0.1, 0.15) is 5.75 Å². The highest BCUT2D eigenvalue weighted by molar-refractivity contribution is 5.87. The first kappa shape index (κ1) is 19.1. The first-order valence-corrected chi connectivity index (χ1v) is 10.1. The van der Waals surface area contributed by atoms with Crippen LogP contribution in [0.5, 0.6) is 23.0 Å². The summed E-state index contributed by atoms with van der Waals surface area (Å²) >= 11 is 0. The zero-order chi connectivity index (χ0) is 21.6. The molecule has 0 saturated carbocycles. The molecule has 1 aliphatic carbocycles. The molecule has 5 rings (SSSR count). The molecule has 0 atom stereocenters. The van der Waals surface area contributed by atoms with E-state index in [2.05, 4.69) is 24.3 Å². The summed E-state index contributed by atoms with van der Waals surface area (Å²) in [6, 6.07) is 27.4. The number of fused-ring (bicyclic) bond motifs is 3. The van der Waals surface area contributed by atoms with Crippen LogP contribution in [-0.4, -0.2) is 24.4 Å². The molecule has 4 heteroatoms. The molecule has 2 N–H and O–H groups in total. The van der Waals surface area contributed by atoms with Gasteiger partial charge in [-0.15, -0.1) is 0 Å². The topological polar surface area (TPSA) is 58.9 Å². The van der Waals surface area contributed by atoms with Crippen LogP contribution in [0.2, 0.25) is 0 Å². The SMILES string of the molecule is COc1c(O)ccc(C2(c3ccc(O)cc3)c3ccccc3-c3ccccc32)c1OC. The first-order valence-electron chi connectivity index (χ1n) is 10.1. The fourth-order valence-corrected chi connectivity index (χ4v) is 4.95. The highest BCUT2D eigenvalue weighted by Gasteiger charge is 2.48. The molecule has 0 fully saturated rings. The third-order valence-corrected chi connectivity index (χ3v) is 6.16. The van der Waals surface area contributed by atoms with Crippen molar-refractivity contribution in [1.82, 2.24) is 0 Å². The fourth-order valence-electron chi connectivity index (χ4n) is 4.95. The van der Waals surface area contributed by atoms with Crippen LogP contribution in [0.4, 0.5) is 0 Å². The minimum atomic E-state index is -0.715. The van der Waals surface area contributed by atoms with Crippen LogP contribution in [0.15, 0.2) is 84.9 Å². The molecular weight excluding hydrogens is 388 g/mol. The van der Waals surface area contributed by atoms with Gasteiger partial charge in [-0.05, 0) is 52.1 Å². The van der Waals surface area contributed by atoms with Gasteiger partial charge >= 0.3 is 0 Å². The van der Waals surface area contributed by atoms with E-state index in [1.807, 2.05) is 42.5 Å². The van der Waals surface area contributed by atoms with Gasteiger partial charge in [-0.3, -0.25) is 0 Å². The Morgan fingerprint density at radius 3 is 1.68 bits per heavy atom. The number of phenols is 2. The Labute approximate surface area is 181 Å². The van der Waals surface area contributed by atoms with E-state index in [-0.39, 0.29) is 11.5 Å². The average Bonchev–Trinajstić information content (AvgIpc) is 3.10. The van der Waals surface area contributed by atoms with E-state index in [1.54, 1.807) is 25.3 Å². The maximum Gasteiger partial charge on any atom is 0.203 e. The van der Waals surface area contributed by atoms with Crippen LogP contribution in [0, 0.1) is 0 Å². The second-order valence-corrected chi connectivity index (χ2v) is 7.59. The molecule has 0 aromatic heterocycles. The zero-order valence-corrected chi connectivity index (χ0v) is 17.3. The average molecular weight is 410 g/mol.